The summed E-state index contributed by atoms with van der Waals surface area (Å²) < 4.78 is 26.1. The molecule has 0 bridgehead atoms. The Morgan fingerprint density at radius 1 is 1.29 bits per heavy atom. The summed E-state index contributed by atoms with van der Waals surface area (Å²) >= 11 is 5.68. The van der Waals surface area contributed by atoms with E-state index in [4.69, 9.17) is 11.6 Å². The smallest absolute Gasteiger partial charge is 0.266 e. The summed E-state index contributed by atoms with van der Waals surface area (Å²) in [5.74, 6) is 0. The van der Waals surface area contributed by atoms with Crippen LogP contribution < -0.4 is 5.56 Å². The van der Waals surface area contributed by atoms with Crippen molar-refractivity contribution in [2.45, 2.75) is 18.4 Å². The molecule has 0 aliphatic heterocycles. The highest BCUT2D eigenvalue weighted by atomic mass is 35.5. The van der Waals surface area contributed by atoms with Crippen LogP contribution in [0, 0.1) is 6.92 Å². The lowest BCUT2D eigenvalue weighted by molar-refractivity contribution is 0.466. The predicted molar refractivity (Wildman–Crippen MR) is 81.9 cm³/mol. The van der Waals surface area contributed by atoms with Crippen LogP contribution in [0.25, 0.3) is 0 Å². The fourth-order valence-electron chi connectivity index (χ4n) is 1.92. The highest BCUT2D eigenvalue weighted by molar-refractivity contribution is 7.89. The molecule has 0 fully saturated rings. The van der Waals surface area contributed by atoms with Gasteiger partial charge in [0, 0.05) is 19.8 Å². The van der Waals surface area contributed by atoms with Gasteiger partial charge in [-0.1, -0.05) is 41.4 Å². The van der Waals surface area contributed by atoms with Gasteiger partial charge in [0.2, 0.25) is 10.0 Å². The van der Waals surface area contributed by atoms with E-state index in [0.29, 0.717) is 0 Å². The summed E-state index contributed by atoms with van der Waals surface area (Å²) in [6.07, 6.45) is 1.15. The second-order valence-electron chi connectivity index (χ2n) is 4.76. The minimum Gasteiger partial charge on any atom is -0.326 e. The molecular weight excluding hydrogens is 312 g/mol. The van der Waals surface area contributed by atoms with E-state index >= 15 is 0 Å². The molecule has 1 aromatic carbocycles. The van der Waals surface area contributed by atoms with E-state index in [2.05, 4.69) is 4.98 Å². The maximum Gasteiger partial charge on any atom is 0.266 e. The first kappa shape index (κ1) is 15.8. The Morgan fingerprint density at radius 3 is 2.62 bits per heavy atom. The average molecular weight is 327 g/mol. The molecular formula is C14H15ClN2O3S. The van der Waals surface area contributed by atoms with Crippen molar-refractivity contribution >= 4 is 21.6 Å². The molecule has 5 nitrogen and oxygen atoms in total. The van der Waals surface area contributed by atoms with Crippen LogP contribution >= 0.6 is 11.6 Å². The van der Waals surface area contributed by atoms with Gasteiger partial charge in [-0.3, -0.25) is 4.79 Å². The van der Waals surface area contributed by atoms with Crippen LogP contribution in [0.15, 0.2) is 46.2 Å². The number of halogens is 1. The molecule has 1 heterocycles. The summed E-state index contributed by atoms with van der Waals surface area (Å²) in [7, 11) is -2.23. The zero-order valence-corrected chi connectivity index (χ0v) is 13.2. The molecule has 0 saturated heterocycles. The molecule has 0 aliphatic carbocycles. The molecule has 0 unspecified atom stereocenters. The van der Waals surface area contributed by atoms with Gasteiger partial charge in [-0.05, 0) is 18.6 Å². The van der Waals surface area contributed by atoms with Crippen LogP contribution in [0.5, 0.6) is 0 Å². The van der Waals surface area contributed by atoms with Crippen LogP contribution in [0.1, 0.15) is 11.1 Å². The minimum atomic E-state index is -3.71. The number of aromatic nitrogens is 1. The summed E-state index contributed by atoms with van der Waals surface area (Å²) in [5, 5.41) is -0.153. The quantitative estimate of drug-likeness (QED) is 0.936. The molecule has 1 aromatic heterocycles. The summed E-state index contributed by atoms with van der Waals surface area (Å²) in [5.41, 5.74) is 1.43. The van der Waals surface area contributed by atoms with Crippen molar-refractivity contribution in [2.24, 2.45) is 0 Å². The van der Waals surface area contributed by atoms with E-state index in [0.717, 1.165) is 23.4 Å². The van der Waals surface area contributed by atoms with Gasteiger partial charge in [-0.15, -0.1) is 0 Å². The van der Waals surface area contributed by atoms with Crippen LogP contribution in [0.3, 0.4) is 0 Å². The SMILES string of the molecule is Cc1cccc(CN(C)S(=O)(=O)c2c[nH]c(=O)c(Cl)c2)c1. The largest absolute Gasteiger partial charge is 0.326 e. The molecule has 0 atom stereocenters. The fraction of sp³-hybridized carbons (Fsp3) is 0.214. The Morgan fingerprint density at radius 2 is 2.00 bits per heavy atom. The first-order chi connectivity index (χ1) is 9.80. The number of rotatable bonds is 4. The fourth-order valence-corrected chi connectivity index (χ4v) is 3.31. The van der Waals surface area contributed by atoms with Crippen molar-refractivity contribution in [3.8, 4) is 0 Å². The summed E-state index contributed by atoms with van der Waals surface area (Å²) in [6, 6.07) is 8.76. The average Bonchev–Trinajstić information content (AvgIpc) is 2.41. The molecule has 1 N–H and O–H groups in total. The number of aromatic amines is 1. The highest BCUT2D eigenvalue weighted by Gasteiger charge is 2.22. The van der Waals surface area contributed by atoms with Gasteiger partial charge >= 0.3 is 0 Å². The van der Waals surface area contributed by atoms with Crippen molar-refractivity contribution < 1.29 is 8.42 Å². The normalized spacial score (nSPS) is 11.8. The van der Waals surface area contributed by atoms with Crippen molar-refractivity contribution in [1.29, 1.82) is 0 Å². The molecule has 2 rings (SSSR count). The Kier molecular flexibility index (Phi) is 4.51. The number of aryl methyl sites for hydroxylation is 1. The van der Waals surface area contributed by atoms with Gasteiger partial charge in [-0.2, -0.15) is 4.31 Å². The van der Waals surface area contributed by atoms with Gasteiger partial charge in [0.1, 0.15) is 5.02 Å². The lowest BCUT2D eigenvalue weighted by atomic mass is 10.1. The third-order valence-electron chi connectivity index (χ3n) is 3.03. The molecule has 112 valence electrons. The number of nitrogens with one attached hydrogen (secondary N) is 1. The monoisotopic (exact) mass is 326 g/mol. The minimum absolute atomic E-state index is 0.0396. The molecule has 0 saturated carbocycles. The van der Waals surface area contributed by atoms with E-state index in [1.54, 1.807) is 0 Å². The highest BCUT2D eigenvalue weighted by Crippen LogP contribution is 2.17. The molecule has 0 spiro atoms. The van der Waals surface area contributed by atoms with Crippen LogP contribution in [0.2, 0.25) is 5.02 Å². The van der Waals surface area contributed by atoms with E-state index in [9.17, 15) is 13.2 Å². The van der Waals surface area contributed by atoms with Crippen LogP contribution in [-0.2, 0) is 16.6 Å². The van der Waals surface area contributed by atoms with Gasteiger partial charge in [0.25, 0.3) is 5.56 Å². The first-order valence-electron chi connectivity index (χ1n) is 6.21. The van der Waals surface area contributed by atoms with Gasteiger partial charge in [0.15, 0.2) is 0 Å². The third-order valence-corrected chi connectivity index (χ3v) is 5.09. The number of hydrogen-bond acceptors (Lipinski definition) is 3. The molecule has 7 heteroatoms. The standard InChI is InChI=1S/C14H15ClN2O3S/c1-10-4-3-5-11(6-10)9-17(2)21(19,20)12-7-13(15)14(18)16-8-12/h3-8H,9H2,1-2H3,(H,16,18). The van der Waals surface area contributed by atoms with Crippen molar-refractivity contribution in [2.75, 3.05) is 7.05 Å². The van der Waals surface area contributed by atoms with E-state index < -0.39 is 15.6 Å². The lowest BCUT2D eigenvalue weighted by Gasteiger charge is -2.17. The predicted octanol–water partition coefficient (Wildman–Crippen LogP) is 2.16. The number of nitrogens with zero attached hydrogens (tertiary/aromatic N) is 1. The zero-order valence-electron chi connectivity index (χ0n) is 11.6. The number of hydrogen-bond donors (Lipinski definition) is 1. The van der Waals surface area contributed by atoms with Gasteiger partial charge < -0.3 is 4.98 Å². The molecule has 0 aliphatic rings. The number of H-pyrrole nitrogens is 1. The van der Waals surface area contributed by atoms with Crippen molar-refractivity contribution in [3.63, 3.8) is 0 Å². The van der Waals surface area contributed by atoms with Gasteiger partial charge in [-0.25, -0.2) is 8.42 Å². The number of benzene rings is 1. The molecule has 2 aromatic rings. The maximum absolute atomic E-state index is 12.4. The Balaban J connectivity index is 2.30. The van der Waals surface area contributed by atoms with Gasteiger partial charge in [0.05, 0.1) is 4.90 Å². The lowest BCUT2D eigenvalue weighted by Crippen LogP contribution is -2.27. The Hall–Kier alpha value is -1.63. The third kappa shape index (κ3) is 3.53. The molecule has 21 heavy (non-hydrogen) atoms. The van der Waals surface area contributed by atoms with Crippen molar-refractivity contribution in [1.82, 2.24) is 9.29 Å². The molecule has 0 amide bonds. The van der Waals surface area contributed by atoms with Crippen LogP contribution in [0.4, 0.5) is 0 Å². The molecule has 0 radical (unpaired) electrons. The zero-order chi connectivity index (χ0) is 15.6. The van der Waals surface area contributed by atoms with E-state index in [1.165, 1.54) is 11.4 Å². The summed E-state index contributed by atoms with van der Waals surface area (Å²) in [6.45, 7) is 2.18. The van der Waals surface area contributed by atoms with E-state index in [1.807, 2.05) is 31.2 Å². The summed E-state index contributed by atoms with van der Waals surface area (Å²) in [4.78, 5) is 13.5. The topological polar surface area (TPSA) is 70.2 Å². The maximum atomic E-state index is 12.4. The second kappa shape index (κ2) is 6.01. The first-order valence-corrected chi connectivity index (χ1v) is 8.02. The Labute approximate surface area is 128 Å². The number of pyridine rings is 1. The number of sulfonamides is 1. The Bertz CT molecular complexity index is 815. The second-order valence-corrected chi connectivity index (χ2v) is 7.21. The van der Waals surface area contributed by atoms with E-state index in [-0.39, 0.29) is 16.5 Å². The van der Waals surface area contributed by atoms with Crippen molar-refractivity contribution in [3.05, 3.63) is 63.0 Å². The van der Waals surface area contributed by atoms with Crippen LogP contribution in [-0.4, -0.2) is 24.8 Å².